The van der Waals surface area contributed by atoms with Crippen molar-refractivity contribution in [3.63, 3.8) is 0 Å². The summed E-state index contributed by atoms with van der Waals surface area (Å²) in [6.45, 7) is 0. The zero-order valence-corrected chi connectivity index (χ0v) is 9.16. The van der Waals surface area contributed by atoms with Gasteiger partial charge in [-0.15, -0.1) is 22.0 Å². The molecule has 0 aromatic carbocycles. The molecule has 3 nitrogen and oxygen atoms in total. The fourth-order valence-corrected chi connectivity index (χ4v) is 2.90. The second-order valence-corrected chi connectivity index (χ2v) is 5.15. The van der Waals surface area contributed by atoms with E-state index in [-0.39, 0.29) is 0 Å². The summed E-state index contributed by atoms with van der Waals surface area (Å²) in [7, 11) is 0. The predicted molar refractivity (Wildman–Crippen MR) is 56.0 cm³/mol. The van der Waals surface area contributed by atoms with E-state index in [1.54, 1.807) is 11.8 Å². The summed E-state index contributed by atoms with van der Waals surface area (Å²) in [4.78, 5) is 0. The van der Waals surface area contributed by atoms with Crippen molar-refractivity contribution in [1.29, 1.82) is 0 Å². The fraction of sp³-hybridized carbons (Fsp3) is 0.750. The number of thioether (sulfide) groups is 2. The molecule has 13 heavy (non-hydrogen) atoms. The fourth-order valence-electron chi connectivity index (χ4n) is 1.35. The lowest BCUT2D eigenvalue weighted by Crippen LogP contribution is -1.87. The quantitative estimate of drug-likeness (QED) is 0.776. The smallest absolute Gasteiger partial charge is 0.229 e. The third-order valence-corrected chi connectivity index (χ3v) is 3.86. The van der Waals surface area contributed by atoms with Crippen LogP contribution in [0.4, 0.5) is 0 Å². The van der Waals surface area contributed by atoms with Crippen molar-refractivity contribution in [3.8, 4) is 0 Å². The van der Waals surface area contributed by atoms with E-state index < -0.39 is 0 Å². The van der Waals surface area contributed by atoms with Gasteiger partial charge in [0, 0.05) is 0 Å². The van der Waals surface area contributed by atoms with Crippen LogP contribution in [-0.4, -0.2) is 22.2 Å². The zero-order valence-electron chi connectivity index (χ0n) is 7.52. The maximum absolute atomic E-state index is 5.54. The lowest BCUT2D eigenvalue weighted by molar-refractivity contribution is 0.458. The first kappa shape index (κ1) is 9.40. The Bertz CT molecular complexity index is 271. The monoisotopic (exact) mass is 216 g/mol. The zero-order chi connectivity index (χ0) is 9.10. The minimum Gasteiger partial charge on any atom is -0.423 e. The average molecular weight is 216 g/mol. The highest BCUT2D eigenvalue weighted by atomic mass is 32.2. The molecule has 0 radical (unpaired) electrons. The normalized spacial score (nSPS) is 22.4. The van der Waals surface area contributed by atoms with E-state index in [9.17, 15) is 0 Å². The summed E-state index contributed by atoms with van der Waals surface area (Å²) in [5.74, 6) is 3.64. The summed E-state index contributed by atoms with van der Waals surface area (Å²) in [6.07, 6.45) is 4.50. The van der Waals surface area contributed by atoms with Gasteiger partial charge in [0.15, 0.2) is 0 Å². The summed E-state index contributed by atoms with van der Waals surface area (Å²) in [5.41, 5.74) is 0. The summed E-state index contributed by atoms with van der Waals surface area (Å²) in [6, 6.07) is 0. The maximum Gasteiger partial charge on any atom is 0.229 e. The van der Waals surface area contributed by atoms with Gasteiger partial charge in [-0.3, -0.25) is 0 Å². The van der Waals surface area contributed by atoms with E-state index in [4.69, 9.17) is 4.42 Å². The molecule has 2 heterocycles. The van der Waals surface area contributed by atoms with Crippen LogP contribution in [0.2, 0.25) is 0 Å². The topological polar surface area (TPSA) is 38.9 Å². The average Bonchev–Trinajstić information content (AvgIpc) is 2.70. The minimum atomic E-state index is 0.461. The lowest BCUT2D eigenvalue weighted by Gasteiger charge is -1.99. The van der Waals surface area contributed by atoms with Crippen molar-refractivity contribution in [3.05, 3.63) is 11.8 Å². The molecule has 2 rings (SSSR count). The Labute approximate surface area is 86.1 Å². The van der Waals surface area contributed by atoms with Crippen LogP contribution in [-0.2, 0) is 5.75 Å². The molecule has 1 atom stereocenters. The maximum atomic E-state index is 5.54. The van der Waals surface area contributed by atoms with E-state index in [0.29, 0.717) is 5.25 Å². The SMILES string of the molecule is CSCc1nnc(C2CCCS2)o1. The minimum absolute atomic E-state index is 0.461. The third kappa shape index (κ3) is 2.20. The molecular weight excluding hydrogens is 204 g/mol. The number of aromatic nitrogens is 2. The lowest BCUT2D eigenvalue weighted by atomic mass is 10.2. The highest BCUT2D eigenvalue weighted by Crippen LogP contribution is 2.39. The van der Waals surface area contributed by atoms with Gasteiger partial charge in [-0.1, -0.05) is 0 Å². The van der Waals surface area contributed by atoms with Crippen LogP contribution in [0.5, 0.6) is 0 Å². The van der Waals surface area contributed by atoms with Crippen LogP contribution < -0.4 is 0 Å². The highest BCUT2D eigenvalue weighted by Gasteiger charge is 2.23. The molecule has 1 saturated heterocycles. The van der Waals surface area contributed by atoms with Gasteiger partial charge < -0.3 is 4.42 Å². The molecule has 0 bridgehead atoms. The number of nitrogens with zero attached hydrogens (tertiary/aromatic N) is 2. The van der Waals surface area contributed by atoms with Gasteiger partial charge in [0.05, 0.1) is 11.0 Å². The van der Waals surface area contributed by atoms with Crippen LogP contribution in [0, 0.1) is 0 Å². The molecule has 1 unspecified atom stereocenters. The predicted octanol–water partition coefficient (Wildman–Crippen LogP) is 2.50. The van der Waals surface area contributed by atoms with Crippen LogP contribution in [0.15, 0.2) is 4.42 Å². The Balaban J connectivity index is 2.03. The standard InChI is InChI=1S/C8H12N2OS2/c1-12-5-7-9-10-8(11-7)6-3-2-4-13-6/h6H,2-5H2,1H3. The van der Waals surface area contributed by atoms with Crippen LogP contribution in [0.1, 0.15) is 29.9 Å². The van der Waals surface area contributed by atoms with E-state index in [0.717, 1.165) is 17.5 Å². The molecule has 0 amide bonds. The summed E-state index contributed by atoms with van der Waals surface area (Å²) in [5, 5.41) is 8.53. The van der Waals surface area contributed by atoms with Gasteiger partial charge in [-0.2, -0.15) is 11.8 Å². The summed E-state index contributed by atoms with van der Waals surface area (Å²) >= 11 is 3.63. The molecule has 1 aliphatic heterocycles. The number of hydrogen-bond donors (Lipinski definition) is 0. The van der Waals surface area contributed by atoms with E-state index in [1.165, 1.54) is 18.6 Å². The summed E-state index contributed by atoms with van der Waals surface area (Å²) < 4.78 is 5.54. The van der Waals surface area contributed by atoms with E-state index in [1.807, 2.05) is 18.0 Å². The largest absolute Gasteiger partial charge is 0.423 e. The van der Waals surface area contributed by atoms with Gasteiger partial charge in [0.2, 0.25) is 11.8 Å². The third-order valence-electron chi connectivity index (χ3n) is 1.96. The molecule has 1 aliphatic rings. The van der Waals surface area contributed by atoms with Crippen LogP contribution in [0.3, 0.4) is 0 Å². The molecule has 0 saturated carbocycles. The second-order valence-electron chi connectivity index (χ2n) is 2.97. The van der Waals surface area contributed by atoms with Gasteiger partial charge in [0.25, 0.3) is 0 Å². The Hall–Kier alpha value is -0.160. The first-order valence-corrected chi connectivity index (χ1v) is 6.77. The molecule has 0 aliphatic carbocycles. The number of rotatable bonds is 3. The molecule has 0 spiro atoms. The van der Waals surface area contributed by atoms with Crippen molar-refractivity contribution in [2.45, 2.75) is 23.8 Å². The first-order chi connectivity index (χ1) is 6.40. The van der Waals surface area contributed by atoms with Crippen molar-refractivity contribution >= 4 is 23.5 Å². The Morgan fingerprint density at radius 1 is 1.62 bits per heavy atom. The van der Waals surface area contributed by atoms with E-state index >= 15 is 0 Å². The van der Waals surface area contributed by atoms with Crippen LogP contribution >= 0.6 is 23.5 Å². The molecule has 1 fully saturated rings. The van der Waals surface area contributed by atoms with Crippen molar-refractivity contribution in [2.24, 2.45) is 0 Å². The van der Waals surface area contributed by atoms with Gasteiger partial charge in [-0.05, 0) is 24.9 Å². The highest BCUT2D eigenvalue weighted by molar-refractivity contribution is 7.99. The first-order valence-electron chi connectivity index (χ1n) is 4.33. The van der Waals surface area contributed by atoms with Gasteiger partial charge in [-0.25, -0.2) is 0 Å². The molecule has 1 aromatic heterocycles. The molecule has 1 aromatic rings. The second kappa shape index (κ2) is 4.37. The number of hydrogen-bond acceptors (Lipinski definition) is 5. The molecule has 72 valence electrons. The van der Waals surface area contributed by atoms with Crippen molar-refractivity contribution < 1.29 is 4.42 Å². The molecule has 0 N–H and O–H groups in total. The van der Waals surface area contributed by atoms with Crippen molar-refractivity contribution in [2.75, 3.05) is 12.0 Å². The Kier molecular flexibility index (Phi) is 3.16. The molecular formula is C8H12N2OS2. The Morgan fingerprint density at radius 2 is 2.54 bits per heavy atom. The van der Waals surface area contributed by atoms with Crippen molar-refractivity contribution in [1.82, 2.24) is 10.2 Å². The van der Waals surface area contributed by atoms with Crippen LogP contribution in [0.25, 0.3) is 0 Å². The molecule has 5 heteroatoms. The van der Waals surface area contributed by atoms with Gasteiger partial charge in [0.1, 0.15) is 0 Å². The van der Waals surface area contributed by atoms with Gasteiger partial charge >= 0.3 is 0 Å². The Morgan fingerprint density at radius 3 is 3.23 bits per heavy atom. The van der Waals surface area contributed by atoms with E-state index in [2.05, 4.69) is 10.2 Å².